The van der Waals surface area contributed by atoms with E-state index in [1.807, 2.05) is 6.92 Å². The molecule has 7 nitrogen and oxygen atoms in total. The third-order valence-corrected chi connectivity index (χ3v) is 4.65. The minimum atomic E-state index is -0.588. The molecule has 3 N–H and O–H groups in total. The van der Waals surface area contributed by atoms with Crippen molar-refractivity contribution >= 4 is 11.0 Å². The maximum atomic E-state index is 12.0. The van der Waals surface area contributed by atoms with Crippen LogP contribution in [0.2, 0.25) is 0 Å². The van der Waals surface area contributed by atoms with Crippen LogP contribution in [-0.4, -0.2) is 24.9 Å². The number of aromatic amines is 2. The number of aliphatic hydroxyl groups excluding tert-OH is 1. The normalized spacial score (nSPS) is 15.8. The van der Waals surface area contributed by atoms with Crippen LogP contribution in [-0.2, 0) is 6.61 Å². The number of hydrogen-bond donors (Lipinski definition) is 3. The van der Waals surface area contributed by atoms with E-state index in [9.17, 15) is 14.7 Å². The van der Waals surface area contributed by atoms with Crippen molar-refractivity contribution in [2.75, 3.05) is 0 Å². The van der Waals surface area contributed by atoms with Crippen LogP contribution in [0.5, 0.6) is 0 Å². The zero-order valence-corrected chi connectivity index (χ0v) is 13.2. The molecule has 24 heavy (non-hydrogen) atoms. The Hall–Kier alpha value is -2.67. The lowest BCUT2D eigenvalue weighted by Gasteiger charge is -2.14. The molecule has 1 aliphatic carbocycles. The van der Waals surface area contributed by atoms with Gasteiger partial charge < -0.3 is 5.11 Å². The highest BCUT2D eigenvalue weighted by atomic mass is 16.3. The van der Waals surface area contributed by atoms with E-state index in [-0.39, 0.29) is 23.7 Å². The molecule has 1 fully saturated rings. The van der Waals surface area contributed by atoms with Crippen LogP contribution >= 0.6 is 0 Å². The molecule has 7 heteroatoms. The molecule has 0 amide bonds. The Bertz CT molecular complexity index is 1010. The Morgan fingerprint density at radius 1 is 1.25 bits per heavy atom. The maximum Gasteiger partial charge on any atom is 0.327 e. The zero-order valence-electron chi connectivity index (χ0n) is 13.2. The lowest BCUT2D eigenvalue weighted by atomic mass is 10.0. The third-order valence-electron chi connectivity index (χ3n) is 4.65. The van der Waals surface area contributed by atoms with Crippen molar-refractivity contribution in [1.29, 1.82) is 0 Å². The average molecular weight is 326 g/mol. The first-order valence-electron chi connectivity index (χ1n) is 8.03. The zero-order chi connectivity index (χ0) is 16.8. The summed E-state index contributed by atoms with van der Waals surface area (Å²) < 4.78 is 1.59. The number of aromatic nitrogens is 4. The molecule has 1 aliphatic rings. The Labute approximate surface area is 137 Å². The highest BCUT2D eigenvalue weighted by Gasteiger charge is 2.24. The van der Waals surface area contributed by atoms with Crippen molar-refractivity contribution in [3.63, 3.8) is 0 Å². The van der Waals surface area contributed by atoms with Gasteiger partial charge in [0.15, 0.2) is 0 Å². The molecule has 1 aromatic carbocycles. The van der Waals surface area contributed by atoms with E-state index in [0.29, 0.717) is 11.6 Å². The molecule has 0 spiro atoms. The number of rotatable bonds is 4. The standard InChI is InChI=1S/C17H18N4O3/c1-9(10-2-4-11(5-3-10)12-6-7-12)21-15-14(13(8-22)20-21)16(23)19-17(24)18-15/h2-5,9,12,22H,6-8H2,1H3,(H2,18,19,23,24). The Morgan fingerprint density at radius 3 is 2.58 bits per heavy atom. The van der Waals surface area contributed by atoms with Crippen molar-refractivity contribution in [2.24, 2.45) is 0 Å². The molecule has 2 heterocycles. The molecule has 3 aromatic rings. The van der Waals surface area contributed by atoms with Gasteiger partial charge in [-0.3, -0.25) is 14.8 Å². The number of H-pyrrole nitrogens is 2. The second-order valence-corrected chi connectivity index (χ2v) is 6.30. The van der Waals surface area contributed by atoms with Gasteiger partial charge in [0.2, 0.25) is 0 Å². The number of benzene rings is 1. The van der Waals surface area contributed by atoms with Gasteiger partial charge in [0.1, 0.15) is 16.7 Å². The first kappa shape index (κ1) is 14.9. The van der Waals surface area contributed by atoms with Crippen molar-refractivity contribution in [2.45, 2.75) is 38.3 Å². The second kappa shape index (κ2) is 5.45. The molecular weight excluding hydrogens is 308 g/mol. The fourth-order valence-corrected chi connectivity index (χ4v) is 3.14. The van der Waals surface area contributed by atoms with Gasteiger partial charge in [0.05, 0.1) is 12.6 Å². The van der Waals surface area contributed by atoms with Gasteiger partial charge in [-0.2, -0.15) is 5.10 Å². The van der Waals surface area contributed by atoms with Crippen LogP contribution < -0.4 is 11.2 Å². The first-order chi connectivity index (χ1) is 11.6. The summed E-state index contributed by atoms with van der Waals surface area (Å²) >= 11 is 0. The van der Waals surface area contributed by atoms with E-state index >= 15 is 0 Å². The van der Waals surface area contributed by atoms with E-state index < -0.39 is 11.2 Å². The molecule has 124 valence electrons. The fraction of sp³-hybridized carbons (Fsp3) is 0.353. The van der Waals surface area contributed by atoms with Crippen LogP contribution in [0.25, 0.3) is 11.0 Å². The lowest BCUT2D eigenvalue weighted by molar-refractivity contribution is 0.276. The van der Waals surface area contributed by atoms with Crippen molar-refractivity contribution < 1.29 is 5.11 Å². The molecule has 0 saturated heterocycles. The van der Waals surface area contributed by atoms with E-state index in [4.69, 9.17) is 0 Å². The molecule has 1 saturated carbocycles. The highest BCUT2D eigenvalue weighted by molar-refractivity contribution is 5.77. The molecule has 0 aliphatic heterocycles. The minimum absolute atomic E-state index is 0.182. The first-order valence-corrected chi connectivity index (χ1v) is 8.03. The summed E-state index contributed by atoms with van der Waals surface area (Å²) in [6.07, 6.45) is 2.51. The monoisotopic (exact) mass is 326 g/mol. The third kappa shape index (κ3) is 2.37. The average Bonchev–Trinajstić information content (AvgIpc) is 3.35. The molecule has 2 aromatic heterocycles. The summed E-state index contributed by atoms with van der Waals surface area (Å²) in [6, 6.07) is 8.17. The quantitative estimate of drug-likeness (QED) is 0.674. The van der Waals surface area contributed by atoms with Crippen LogP contribution in [0.1, 0.15) is 48.5 Å². The topological polar surface area (TPSA) is 104 Å². The van der Waals surface area contributed by atoms with Crippen LogP contribution in [0.15, 0.2) is 33.9 Å². The smallest absolute Gasteiger partial charge is 0.327 e. The van der Waals surface area contributed by atoms with Gasteiger partial charge in [-0.25, -0.2) is 9.48 Å². The van der Waals surface area contributed by atoms with Crippen LogP contribution in [0, 0.1) is 0 Å². The molecule has 4 rings (SSSR count). The van der Waals surface area contributed by atoms with Gasteiger partial charge in [-0.1, -0.05) is 24.3 Å². The summed E-state index contributed by atoms with van der Waals surface area (Å²) in [5.74, 6) is 0.691. The van der Waals surface area contributed by atoms with Crippen molar-refractivity contribution in [3.8, 4) is 0 Å². The molecule has 0 radical (unpaired) electrons. The number of hydrogen-bond acceptors (Lipinski definition) is 4. The van der Waals surface area contributed by atoms with Gasteiger partial charge in [0.25, 0.3) is 5.56 Å². The summed E-state index contributed by atoms with van der Waals surface area (Å²) in [4.78, 5) is 28.5. The van der Waals surface area contributed by atoms with Gasteiger partial charge in [-0.15, -0.1) is 0 Å². The lowest BCUT2D eigenvalue weighted by Crippen LogP contribution is -2.23. The number of nitrogens with zero attached hydrogens (tertiary/aromatic N) is 2. The number of fused-ring (bicyclic) bond motifs is 1. The summed E-state index contributed by atoms with van der Waals surface area (Å²) in [5, 5.41) is 14.0. The largest absolute Gasteiger partial charge is 0.390 e. The van der Waals surface area contributed by atoms with Crippen LogP contribution in [0.3, 0.4) is 0 Å². The second-order valence-electron chi connectivity index (χ2n) is 6.30. The van der Waals surface area contributed by atoms with E-state index in [2.05, 4.69) is 39.3 Å². The predicted molar refractivity (Wildman–Crippen MR) is 89.1 cm³/mol. The van der Waals surface area contributed by atoms with Gasteiger partial charge in [-0.05, 0) is 36.8 Å². The Balaban J connectivity index is 1.82. The molecule has 0 bridgehead atoms. The Kier molecular flexibility index (Phi) is 3.38. The summed E-state index contributed by atoms with van der Waals surface area (Å²) in [5.41, 5.74) is 1.82. The van der Waals surface area contributed by atoms with E-state index in [1.54, 1.807) is 4.68 Å². The summed E-state index contributed by atoms with van der Waals surface area (Å²) in [7, 11) is 0. The fourth-order valence-electron chi connectivity index (χ4n) is 3.14. The van der Waals surface area contributed by atoms with Crippen LogP contribution in [0.4, 0.5) is 0 Å². The van der Waals surface area contributed by atoms with E-state index in [1.165, 1.54) is 18.4 Å². The highest BCUT2D eigenvalue weighted by Crippen LogP contribution is 2.40. The molecular formula is C17H18N4O3. The number of nitrogens with one attached hydrogen (secondary N) is 2. The SMILES string of the molecule is CC(c1ccc(C2CC2)cc1)n1nc(CO)c2c(=O)[nH]c(=O)[nH]c21. The van der Waals surface area contributed by atoms with E-state index in [0.717, 1.165) is 5.56 Å². The molecule has 1 unspecified atom stereocenters. The van der Waals surface area contributed by atoms with Gasteiger partial charge >= 0.3 is 5.69 Å². The van der Waals surface area contributed by atoms with Crippen molar-refractivity contribution in [1.82, 2.24) is 19.7 Å². The maximum absolute atomic E-state index is 12.0. The Morgan fingerprint density at radius 2 is 1.96 bits per heavy atom. The molecule has 1 atom stereocenters. The predicted octanol–water partition coefficient (Wildman–Crippen LogP) is 1.39. The number of aliphatic hydroxyl groups is 1. The summed E-state index contributed by atoms with van der Waals surface area (Å²) in [6.45, 7) is 1.57. The van der Waals surface area contributed by atoms with Gasteiger partial charge in [0, 0.05) is 0 Å². The van der Waals surface area contributed by atoms with Crippen molar-refractivity contribution in [3.05, 3.63) is 61.9 Å². The minimum Gasteiger partial charge on any atom is -0.390 e.